The highest BCUT2D eigenvalue weighted by Crippen LogP contribution is 2.33. The average molecular weight is 314 g/mol. The van der Waals surface area contributed by atoms with E-state index in [-0.39, 0.29) is 28.9 Å². The van der Waals surface area contributed by atoms with Gasteiger partial charge in [0.25, 0.3) is 5.91 Å². The first-order valence-corrected chi connectivity index (χ1v) is 7.73. The molecule has 0 aliphatic rings. The third-order valence-electron chi connectivity index (χ3n) is 3.66. The maximum absolute atomic E-state index is 12.9. The molecule has 2 rings (SSSR count). The molecule has 23 heavy (non-hydrogen) atoms. The number of phenolic OH excluding ortho intramolecular Hbond substituents is 2. The fourth-order valence-corrected chi connectivity index (χ4v) is 2.47. The monoisotopic (exact) mass is 314 g/mol. The highest BCUT2D eigenvalue weighted by atomic mass is 16.3. The van der Waals surface area contributed by atoms with Crippen molar-refractivity contribution in [2.45, 2.75) is 33.1 Å². The minimum Gasteiger partial charge on any atom is -0.508 e. The van der Waals surface area contributed by atoms with Gasteiger partial charge >= 0.3 is 0 Å². The molecule has 1 amide bonds. The molecule has 0 fully saturated rings. The van der Waals surface area contributed by atoms with Crippen molar-refractivity contribution in [2.24, 2.45) is 0 Å². The molecule has 5 heteroatoms. The van der Waals surface area contributed by atoms with Crippen LogP contribution in [-0.4, -0.2) is 27.6 Å². The van der Waals surface area contributed by atoms with Crippen LogP contribution in [-0.2, 0) is 0 Å². The maximum atomic E-state index is 12.9. The van der Waals surface area contributed by atoms with Crippen LogP contribution in [0.15, 0.2) is 36.7 Å². The van der Waals surface area contributed by atoms with Crippen LogP contribution in [0.4, 0.5) is 5.69 Å². The summed E-state index contributed by atoms with van der Waals surface area (Å²) < 4.78 is 0. The SMILES string of the molecule is CCCN(C(=O)c1cc(C(C)C)c(O)cc1O)c1ccncc1. The second kappa shape index (κ2) is 7.13. The molecule has 0 saturated carbocycles. The van der Waals surface area contributed by atoms with E-state index < -0.39 is 0 Å². The molecule has 0 aliphatic carbocycles. The van der Waals surface area contributed by atoms with Crippen LogP contribution in [0.5, 0.6) is 11.5 Å². The number of hydrogen-bond acceptors (Lipinski definition) is 4. The van der Waals surface area contributed by atoms with Crippen LogP contribution in [0.1, 0.15) is 49.0 Å². The van der Waals surface area contributed by atoms with E-state index in [4.69, 9.17) is 0 Å². The maximum Gasteiger partial charge on any atom is 0.262 e. The first kappa shape index (κ1) is 16.8. The Morgan fingerprint density at radius 1 is 1.17 bits per heavy atom. The standard InChI is InChI=1S/C18H22N2O3/c1-4-9-20(13-5-7-19-8-6-13)18(23)15-10-14(12(2)3)16(21)11-17(15)22/h5-8,10-12,21-22H,4,9H2,1-3H3. The van der Waals surface area contributed by atoms with E-state index >= 15 is 0 Å². The number of aromatic hydroxyl groups is 2. The Morgan fingerprint density at radius 3 is 2.39 bits per heavy atom. The number of rotatable bonds is 5. The second-order valence-corrected chi connectivity index (χ2v) is 5.75. The lowest BCUT2D eigenvalue weighted by Crippen LogP contribution is -2.31. The quantitative estimate of drug-likeness (QED) is 0.883. The lowest BCUT2D eigenvalue weighted by Gasteiger charge is -2.23. The molecule has 2 aromatic rings. The molecule has 122 valence electrons. The van der Waals surface area contributed by atoms with Gasteiger partial charge in [-0.25, -0.2) is 0 Å². The second-order valence-electron chi connectivity index (χ2n) is 5.75. The van der Waals surface area contributed by atoms with Gasteiger partial charge in [-0.3, -0.25) is 9.78 Å². The summed E-state index contributed by atoms with van der Waals surface area (Å²) in [5.41, 5.74) is 1.56. The van der Waals surface area contributed by atoms with E-state index in [9.17, 15) is 15.0 Å². The molecule has 1 aromatic carbocycles. The summed E-state index contributed by atoms with van der Waals surface area (Å²) >= 11 is 0. The Hall–Kier alpha value is -2.56. The van der Waals surface area contributed by atoms with Gasteiger partial charge in [0, 0.05) is 30.7 Å². The molecular formula is C18H22N2O3. The van der Waals surface area contributed by atoms with E-state index in [2.05, 4.69) is 4.98 Å². The minimum absolute atomic E-state index is 0.00000244. The van der Waals surface area contributed by atoms with Crippen molar-refractivity contribution in [3.63, 3.8) is 0 Å². The highest BCUT2D eigenvalue weighted by Gasteiger charge is 2.22. The van der Waals surface area contributed by atoms with Gasteiger partial charge in [-0.1, -0.05) is 20.8 Å². The van der Waals surface area contributed by atoms with Gasteiger partial charge in [0.2, 0.25) is 0 Å². The van der Waals surface area contributed by atoms with E-state index in [0.29, 0.717) is 12.1 Å². The average Bonchev–Trinajstić information content (AvgIpc) is 2.52. The summed E-state index contributed by atoms with van der Waals surface area (Å²) in [5, 5.41) is 20.0. The Balaban J connectivity index is 2.46. The molecule has 0 bridgehead atoms. The molecule has 0 aliphatic heterocycles. The number of phenols is 2. The predicted molar refractivity (Wildman–Crippen MR) is 90.1 cm³/mol. The molecule has 5 nitrogen and oxygen atoms in total. The Labute approximate surface area is 136 Å². The number of carbonyl (C=O) groups excluding carboxylic acids is 1. The van der Waals surface area contributed by atoms with Crippen LogP contribution in [0, 0.1) is 0 Å². The van der Waals surface area contributed by atoms with Gasteiger partial charge in [0.05, 0.1) is 5.56 Å². The van der Waals surface area contributed by atoms with Crippen LogP contribution >= 0.6 is 0 Å². The lowest BCUT2D eigenvalue weighted by atomic mass is 9.98. The van der Waals surface area contributed by atoms with Crippen molar-refractivity contribution in [2.75, 3.05) is 11.4 Å². The fraction of sp³-hybridized carbons (Fsp3) is 0.333. The molecule has 1 heterocycles. The van der Waals surface area contributed by atoms with Crippen molar-refractivity contribution in [3.8, 4) is 11.5 Å². The third kappa shape index (κ3) is 3.62. The predicted octanol–water partition coefficient (Wildman–Crippen LogP) is 3.67. The molecule has 0 unspecified atom stereocenters. The number of pyridine rings is 1. The zero-order chi connectivity index (χ0) is 17.0. The Morgan fingerprint density at radius 2 is 1.83 bits per heavy atom. The summed E-state index contributed by atoms with van der Waals surface area (Å²) in [4.78, 5) is 18.5. The summed E-state index contributed by atoms with van der Waals surface area (Å²) in [6, 6.07) is 6.32. The summed E-state index contributed by atoms with van der Waals surface area (Å²) in [6.07, 6.45) is 4.03. The number of amides is 1. The number of nitrogens with zero attached hydrogens (tertiary/aromatic N) is 2. The fourth-order valence-electron chi connectivity index (χ4n) is 2.47. The number of carbonyl (C=O) groups is 1. The normalized spacial score (nSPS) is 10.8. The number of anilines is 1. The van der Waals surface area contributed by atoms with E-state index in [1.165, 1.54) is 6.07 Å². The summed E-state index contributed by atoms with van der Waals surface area (Å²) in [5.74, 6) is -0.466. The van der Waals surface area contributed by atoms with Gasteiger partial charge in [-0.05, 0) is 36.1 Å². The first-order valence-electron chi connectivity index (χ1n) is 7.73. The molecule has 1 aromatic heterocycles. The molecular weight excluding hydrogens is 292 g/mol. The van der Waals surface area contributed by atoms with Gasteiger partial charge in [0.15, 0.2) is 0 Å². The van der Waals surface area contributed by atoms with Gasteiger partial charge in [0.1, 0.15) is 11.5 Å². The first-order chi connectivity index (χ1) is 11.0. The molecule has 0 radical (unpaired) electrons. The Kier molecular flexibility index (Phi) is 5.21. The highest BCUT2D eigenvalue weighted by molar-refractivity contribution is 6.08. The molecule has 2 N–H and O–H groups in total. The number of hydrogen-bond donors (Lipinski definition) is 2. The summed E-state index contributed by atoms with van der Waals surface area (Å²) in [6.45, 7) is 6.36. The summed E-state index contributed by atoms with van der Waals surface area (Å²) in [7, 11) is 0. The van der Waals surface area contributed by atoms with Crippen LogP contribution < -0.4 is 4.90 Å². The molecule has 0 saturated heterocycles. The number of benzene rings is 1. The van der Waals surface area contributed by atoms with E-state index in [1.807, 2.05) is 20.8 Å². The molecule has 0 spiro atoms. The van der Waals surface area contributed by atoms with Gasteiger partial charge < -0.3 is 15.1 Å². The zero-order valence-electron chi connectivity index (χ0n) is 13.7. The third-order valence-corrected chi connectivity index (χ3v) is 3.66. The van der Waals surface area contributed by atoms with Gasteiger partial charge in [-0.2, -0.15) is 0 Å². The van der Waals surface area contributed by atoms with E-state index in [1.54, 1.807) is 35.5 Å². The van der Waals surface area contributed by atoms with Crippen molar-refractivity contribution in [1.82, 2.24) is 4.98 Å². The van der Waals surface area contributed by atoms with Crippen LogP contribution in [0.2, 0.25) is 0 Å². The largest absolute Gasteiger partial charge is 0.508 e. The van der Waals surface area contributed by atoms with Crippen molar-refractivity contribution >= 4 is 11.6 Å². The molecule has 0 atom stereocenters. The van der Waals surface area contributed by atoms with Gasteiger partial charge in [-0.15, -0.1) is 0 Å². The van der Waals surface area contributed by atoms with Crippen molar-refractivity contribution < 1.29 is 15.0 Å². The zero-order valence-corrected chi connectivity index (χ0v) is 13.7. The lowest BCUT2D eigenvalue weighted by molar-refractivity contribution is 0.0984. The van der Waals surface area contributed by atoms with Crippen molar-refractivity contribution in [1.29, 1.82) is 0 Å². The van der Waals surface area contributed by atoms with Crippen molar-refractivity contribution in [3.05, 3.63) is 47.8 Å². The topological polar surface area (TPSA) is 73.7 Å². The van der Waals surface area contributed by atoms with Crippen LogP contribution in [0.25, 0.3) is 0 Å². The number of aromatic nitrogens is 1. The minimum atomic E-state index is -0.294. The Bertz CT molecular complexity index is 684. The smallest absolute Gasteiger partial charge is 0.262 e. The van der Waals surface area contributed by atoms with E-state index in [0.717, 1.165) is 12.1 Å². The van der Waals surface area contributed by atoms with Crippen LogP contribution in [0.3, 0.4) is 0 Å².